The van der Waals surface area contributed by atoms with Crippen LogP contribution in [0.1, 0.15) is 57.2 Å². The number of carbonyl (C=O) groups is 2. The van der Waals surface area contributed by atoms with Crippen LogP contribution in [0.5, 0.6) is 11.5 Å². The van der Waals surface area contributed by atoms with E-state index in [0.29, 0.717) is 23.6 Å². The Labute approximate surface area is 189 Å². The average Bonchev–Trinajstić information content (AvgIpc) is 3.04. The zero-order valence-electron chi connectivity index (χ0n) is 19.1. The highest BCUT2D eigenvalue weighted by atomic mass is 16.5. The van der Waals surface area contributed by atoms with Crippen molar-refractivity contribution in [3.8, 4) is 11.5 Å². The number of aliphatic hydroxyl groups is 1. The fraction of sp³-hybridized carbons (Fsp3) is 0.385. The molecule has 1 unspecified atom stereocenters. The SMILES string of the molecule is CCCCCN1C(=O)C(=O)/C(=C(\O)c2cccc(OC)c2)C1c1ccc(OC(C)C)cc1. The molecule has 1 fully saturated rings. The van der Waals surface area contributed by atoms with Crippen molar-refractivity contribution in [2.24, 2.45) is 0 Å². The summed E-state index contributed by atoms with van der Waals surface area (Å²) in [6.45, 7) is 6.43. The summed E-state index contributed by atoms with van der Waals surface area (Å²) in [5, 5.41) is 11.1. The van der Waals surface area contributed by atoms with Gasteiger partial charge in [0.1, 0.15) is 17.3 Å². The number of rotatable bonds is 9. The lowest BCUT2D eigenvalue weighted by Gasteiger charge is -2.25. The molecular weight excluding hydrogens is 406 g/mol. The average molecular weight is 438 g/mol. The molecule has 2 aromatic rings. The van der Waals surface area contributed by atoms with Crippen molar-refractivity contribution in [1.29, 1.82) is 0 Å². The standard InChI is InChI=1S/C26H31NO5/c1-5-6-7-15-27-23(18-11-13-20(14-12-18)32-17(2)3)22(25(29)26(27)30)24(28)19-9-8-10-21(16-19)31-4/h8-14,16-17,23,28H,5-7,15H2,1-4H3/b24-22-. The van der Waals surface area contributed by atoms with Crippen molar-refractivity contribution in [3.63, 3.8) is 0 Å². The number of methoxy groups -OCH3 is 1. The van der Waals surface area contributed by atoms with Gasteiger partial charge in [0.2, 0.25) is 0 Å². The molecule has 1 N–H and O–H groups in total. The van der Waals surface area contributed by atoms with Crippen molar-refractivity contribution in [2.75, 3.05) is 13.7 Å². The Morgan fingerprint density at radius 2 is 1.78 bits per heavy atom. The molecule has 0 radical (unpaired) electrons. The first kappa shape index (κ1) is 23.4. The summed E-state index contributed by atoms with van der Waals surface area (Å²) >= 11 is 0. The fourth-order valence-corrected chi connectivity index (χ4v) is 3.92. The number of hydrogen-bond acceptors (Lipinski definition) is 5. The van der Waals surface area contributed by atoms with Gasteiger partial charge in [-0.05, 0) is 50.1 Å². The minimum Gasteiger partial charge on any atom is -0.507 e. The Morgan fingerprint density at radius 3 is 2.41 bits per heavy atom. The third-order valence-corrected chi connectivity index (χ3v) is 5.45. The van der Waals surface area contributed by atoms with Crippen LogP contribution in [0.25, 0.3) is 5.76 Å². The number of hydrogen-bond donors (Lipinski definition) is 1. The topological polar surface area (TPSA) is 76.1 Å². The number of benzene rings is 2. The summed E-state index contributed by atoms with van der Waals surface area (Å²) < 4.78 is 11.0. The zero-order chi connectivity index (χ0) is 23.3. The second kappa shape index (κ2) is 10.4. The predicted octanol–water partition coefficient (Wildman–Crippen LogP) is 5.09. The minimum atomic E-state index is -0.672. The van der Waals surface area contributed by atoms with Crippen LogP contribution in [-0.2, 0) is 9.59 Å². The number of carbonyl (C=O) groups excluding carboxylic acids is 2. The summed E-state index contributed by atoms with van der Waals surface area (Å²) in [4.78, 5) is 27.6. The van der Waals surface area contributed by atoms with Crippen LogP contribution in [0.3, 0.4) is 0 Å². The third kappa shape index (κ3) is 4.96. The summed E-state index contributed by atoms with van der Waals surface area (Å²) in [7, 11) is 1.53. The van der Waals surface area contributed by atoms with Crippen LogP contribution in [-0.4, -0.2) is 41.5 Å². The maximum Gasteiger partial charge on any atom is 0.295 e. The maximum atomic E-state index is 13.0. The summed E-state index contributed by atoms with van der Waals surface area (Å²) in [5.74, 6) is -0.197. The van der Waals surface area contributed by atoms with Gasteiger partial charge in [0, 0.05) is 12.1 Å². The summed E-state index contributed by atoms with van der Waals surface area (Å²) in [6.07, 6.45) is 2.77. The van der Waals surface area contributed by atoms with Gasteiger partial charge in [-0.1, -0.05) is 44.0 Å². The van der Waals surface area contributed by atoms with Crippen LogP contribution in [0.15, 0.2) is 54.1 Å². The smallest absolute Gasteiger partial charge is 0.295 e. The number of Topliss-reactive ketones (excluding diaryl/α,β-unsaturated/α-hetero) is 1. The van der Waals surface area contributed by atoms with Gasteiger partial charge < -0.3 is 19.5 Å². The first-order chi connectivity index (χ1) is 15.4. The lowest BCUT2D eigenvalue weighted by atomic mass is 9.95. The Morgan fingerprint density at radius 1 is 1.06 bits per heavy atom. The summed E-state index contributed by atoms with van der Waals surface area (Å²) in [6, 6.07) is 13.5. The Bertz CT molecular complexity index is 994. The highest BCUT2D eigenvalue weighted by Crippen LogP contribution is 2.40. The molecule has 1 aliphatic heterocycles. The fourth-order valence-electron chi connectivity index (χ4n) is 3.92. The van der Waals surface area contributed by atoms with Gasteiger partial charge in [0.15, 0.2) is 0 Å². The van der Waals surface area contributed by atoms with Gasteiger partial charge in [-0.15, -0.1) is 0 Å². The van der Waals surface area contributed by atoms with Crippen molar-refractivity contribution < 1.29 is 24.2 Å². The highest BCUT2D eigenvalue weighted by Gasteiger charge is 2.45. The Balaban J connectivity index is 2.08. The van der Waals surface area contributed by atoms with E-state index in [1.54, 1.807) is 29.2 Å². The van der Waals surface area contributed by atoms with E-state index in [-0.39, 0.29) is 17.4 Å². The van der Waals surface area contributed by atoms with Crippen molar-refractivity contribution in [2.45, 2.75) is 52.2 Å². The Kier molecular flexibility index (Phi) is 7.57. The maximum absolute atomic E-state index is 13.0. The molecule has 0 bridgehead atoms. The second-order valence-electron chi connectivity index (χ2n) is 8.17. The van der Waals surface area contributed by atoms with Crippen molar-refractivity contribution in [3.05, 3.63) is 65.2 Å². The normalized spacial score (nSPS) is 17.8. The van der Waals surface area contributed by atoms with Crippen LogP contribution in [0.4, 0.5) is 0 Å². The minimum absolute atomic E-state index is 0.0357. The number of aliphatic hydroxyl groups excluding tert-OH is 1. The third-order valence-electron chi connectivity index (χ3n) is 5.45. The van der Waals surface area contributed by atoms with Gasteiger partial charge in [0.05, 0.1) is 24.8 Å². The number of nitrogens with zero attached hydrogens (tertiary/aromatic N) is 1. The zero-order valence-corrected chi connectivity index (χ0v) is 19.1. The van der Waals surface area contributed by atoms with Gasteiger partial charge in [0.25, 0.3) is 11.7 Å². The molecule has 6 nitrogen and oxygen atoms in total. The number of unbranched alkanes of at least 4 members (excludes halogenated alkanes) is 2. The molecule has 0 aliphatic carbocycles. The molecule has 1 amide bonds. The van der Waals surface area contributed by atoms with E-state index >= 15 is 0 Å². The van der Waals surface area contributed by atoms with E-state index < -0.39 is 17.7 Å². The summed E-state index contributed by atoms with van der Waals surface area (Å²) in [5.41, 5.74) is 1.28. The van der Waals surface area contributed by atoms with E-state index in [1.807, 2.05) is 38.1 Å². The van der Waals surface area contributed by atoms with E-state index in [1.165, 1.54) is 7.11 Å². The van der Waals surface area contributed by atoms with E-state index in [9.17, 15) is 14.7 Å². The lowest BCUT2D eigenvalue weighted by molar-refractivity contribution is -0.139. The lowest BCUT2D eigenvalue weighted by Crippen LogP contribution is -2.30. The molecule has 1 aliphatic rings. The molecule has 0 spiro atoms. The molecule has 0 aromatic heterocycles. The molecule has 32 heavy (non-hydrogen) atoms. The van der Waals surface area contributed by atoms with E-state index in [0.717, 1.165) is 24.8 Å². The predicted molar refractivity (Wildman–Crippen MR) is 124 cm³/mol. The van der Waals surface area contributed by atoms with Crippen LogP contribution in [0, 0.1) is 0 Å². The van der Waals surface area contributed by atoms with Crippen LogP contribution >= 0.6 is 0 Å². The molecule has 6 heteroatoms. The molecule has 1 heterocycles. The molecular formula is C26H31NO5. The van der Waals surface area contributed by atoms with Gasteiger partial charge in [-0.2, -0.15) is 0 Å². The first-order valence-electron chi connectivity index (χ1n) is 11.1. The van der Waals surface area contributed by atoms with E-state index in [2.05, 4.69) is 6.92 Å². The molecule has 0 saturated carbocycles. The van der Waals surface area contributed by atoms with E-state index in [4.69, 9.17) is 9.47 Å². The monoisotopic (exact) mass is 437 g/mol. The number of likely N-dealkylation sites (tertiary alicyclic amines) is 1. The molecule has 1 atom stereocenters. The van der Waals surface area contributed by atoms with Crippen molar-refractivity contribution >= 4 is 17.4 Å². The molecule has 3 rings (SSSR count). The van der Waals surface area contributed by atoms with Gasteiger partial charge in [-0.3, -0.25) is 9.59 Å². The number of ketones is 1. The second-order valence-corrected chi connectivity index (χ2v) is 8.17. The number of ether oxygens (including phenoxy) is 2. The molecule has 1 saturated heterocycles. The quantitative estimate of drug-likeness (QED) is 0.256. The number of amides is 1. The van der Waals surface area contributed by atoms with Crippen molar-refractivity contribution in [1.82, 2.24) is 4.90 Å². The van der Waals surface area contributed by atoms with Gasteiger partial charge in [-0.25, -0.2) is 0 Å². The Hall–Kier alpha value is -3.28. The van der Waals surface area contributed by atoms with Crippen LogP contribution < -0.4 is 9.47 Å². The highest BCUT2D eigenvalue weighted by molar-refractivity contribution is 6.46. The van der Waals surface area contributed by atoms with Crippen LogP contribution in [0.2, 0.25) is 0 Å². The molecule has 170 valence electrons. The first-order valence-corrected chi connectivity index (χ1v) is 11.1. The largest absolute Gasteiger partial charge is 0.507 e. The molecule has 2 aromatic carbocycles. The van der Waals surface area contributed by atoms with Gasteiger partial charge >= 0.3 is 0 Å².